The summed E-state index contributed by atoms with van der Waals surface area (Å²) >= 11 is 0. The van der Waals surface area contributed by atoms with Gasteiger partial charge in [-0.05, 0) is 49.2 Å². The van der Waals surface area contributed by atoms with E-state index in [1.165, 1.54) is 17.0 Å². The van der Waals surface area contributed by atoms with E-state index in [4.69, 9.17) is 4.42 Å². The van der Waals surface area contributed by atoms with Crippen LogP contribution >= 0.6 is 0 Å². The normalized spacial score (nSPS) is 11.1. The Kier molecular flexibility index (Phi) is 5.31. The summed E-state index contributed by atoms with van der Waals surface area (Å²) in [4.78, 5) is 19.0. The largest absolute Gasteiger partial charge is 0.439 e. The standard InChI is InChI=1S/C24H20F2N2O2/c1-15-6-9-17(10-7-15)13-28(24(29)18-4-3-5-19(25)23(18)26)14-22-27-20-12-16(2)8-11-21(20)30-22/h3-12H,13-14H2,1-2H3. The Labute approximate surface area is 172 Å². The van der Waals surface area contributed by atoms with Crippen molar-refractivity contribution in [3.63, 3.8) is 0 Å². The molecule has 0 bridgehead atoms. The average Bonchev–Trinajstić information content (AvgIpc) is 3.12. The van der Waals surface area contributed by atoms with Crippen molar-refractivity contribution in [3.05, 3.63) is 100 Å². The number of hydrogen-bond donors (Lipinski definition) is 0. The van der Waals surface area contributed by atoms with Gasteiger partial charge in [0.05, 0.1) is 12.1 Å². The van der Waals surface area contributed by atoms with Crippen LogP contribution in [0.2, 0.25) is 0 Å². The minimum atomic E-state index is -1.16. The smallest absolute Gasteiger partial charge is 0.257 e. The van der Waals surface area contributed by atoms with Gasteiger partial charge in [-0.1, -0.05) is 42.0 Å². The second-order valence-corrected chi connectivity index (χ2v) is 7.33. The molecular formula is C24H20F2N2O2. The van der Waals surface area contributed by atoms with Crippen LogP contribution in [0.3, 0.4) is 0 Å². The molecule has 6 heteroatoms. The SMILES string of the molecule is Cc1ccc(CN(Cc2nc3cc(C)ccc3o2)C(=O)c2cccc(F)c2F)cc1. The fourth-order valence-electron chi connectivity index (χ4n) is 3.27. The first-order valence-corrected chi connectivity index (χ1v) is 9.55. The Bertz CT molecular complexity index is 1220. The number of carbonyl (C=O) groups excluding carboxylic acids is 1. The zero-order valence-electron chi connectivity index (χ0n) is 16.7. The molecule has 4 rings (SSSR count). The molecule has 0 aliphatic rings. The van der Waals surface area contributed by atoms with Crippen LogP contribution in [0.4, 0.5) is 8.78 Å². The number of aryl methyl sites for hydroxylation is 2. The Hall–Kier alpha value is -3.54. The quantitative estimate of drug-likeness (QED) is 0.436. The Morgan fingerprint density at radius 3 is 2.47 bits per heavy atom. The first kappa shape index (κ1) is 19.8. The van der Waals surface area contributed by atoms with E-state index in [1.54, 1.807) is 0 Å². The van der Waals surface area contributed by atoms with Crippen molar-refractivity contribution < 1.29 is 18.0 Å². The molecule has 1 amide bonds. The van der Waals surface area contributed by atoms with E-state index >= 15 is 0 Å². The first-order valence-electron chi connectivity index (χ1n) is 9.55. The number of carbonyl (C=O) groups is 1. The van der Waals surface area contributed by atoms with Crippen LogP contribution in [0.15, 0.2) is 65.1 Å². The molecule has 1 heterocycles. The molecule has 0 aliphatic heterocycles. The number of benzene rings is 3. The highest BCUT2D eigenvalue weighted by atomic mass is 19.2. The summed E-state index contributed by atoms with van der Waals surface area (Å²) in [5.74, 6) is -2.53. The zero-order chi connectivity index (χ0) is 21.3. The molecule has 0 atom stereocenters. The van der Waals surface area contributed by atoms with Gasteiger partial charge in [-0.25, -0.2) is 13.8 Å². The van der Waals surface area contributed by atoms with Crippen LogP contribution in [0.5, 0.6) is 0 Å². The van der Waals surface area contributed by atoms with Gasteiger partial charge in [-0.15, -0.1) is 0 Å². The predicted octanol–water partition coefficient (Wildman–Crippen LogP) is 5.57. The summed E-state index contributed by atoms with van der Waals surface area (Å²) in [7, 11) is 0. The van der Waals surface area contributed by atoms with Crippen molar-refractivity contribution in [2.75, 3.05) is 0 Å². The highest BCUT2D eigenvalue weighted by Crippen LogP contribution is 2.21. The summed E-state index contributed by atoms with van der Waals surface area (Å²) in [5.41, 5.74) is 3.95. The lowest BCUT2D eigenvalue weighted by atomic mass is 10.1. The molecule has 1 aromatic heterocycles. The van der Waals surface area contributed by atoms with E-state index in [2.05, 4.69) is 4.98 Å². The number of hydrogen-bond acceptors (Lipinski definition) is 3. The van der Waals surface area contributed by atoms with Crippen molar-refractivity contribution in [1.82, 2.24) is 9.88 Å². The molecule has 0 saturated carbocycles. The molecule has 0 aliphatic carbocycles. The number of halogens is 2. The molecule has 4 aromatic rings. The van der Waals surface area contributed by atoms with Gasteiger partial charge in [0, 0.05) is 6.54 Å². The summed E-state index contributed by atoms with van der Waals surface area (Å²) in [6.07, 6.45) is 0. The van der Waals surface area contributed by atoms with Gasteiger partial charge in [-0.2, -0.15) is 0 Å². The lowest BCUT2D eigenvalue weighted by molar-refractivity contribution is 0.0709. The molecule has 3 aromatic carbocycles. The maximum Gasteiger partial charge on any atom is 0.257 e. The fourth-order valence-corrected chi connectivity index (χ4v) is 3.27. The van der Waals surface area contributed by atoms with E-state index in [0.717, 1.165) is 22.8 Å². The third kappa shape index (κ3) is 4.08. The maximum absolute atomic E-state index is 14.3. The number of aromatic nitrogens is 1. The molecular weight excluding hydrogens is 386 g/mol. The molecule has 0 saturated heterocycles. The molecule has 152 valence electrons. The first-order chi connectivity index (χ1) is 14.4. The fraction of sp³-hybridized carbons (Fsp3) is 0.167. The van der Waals surface area contributed by atoms with Crippen LogP contribution in [-0.4, -0.2) is 15.8 Å². The van der Waals surface area contributed by atoms with E-state index in [-0.39, 0.29) is 18.7 Å². The summed E-state index contributed by atoms with van der Waals surface area (Å²) in [6, 6.07) is 16.9. The minimum absolute atomic E-state index is 0.0242. The van der Waals surface area contributed by atoms with Crippen molar-refractivity contribution in [3.8, 4) is 0 Å². The predicted molar refractivity (Wildman–Crippen MR) is 110 cm³/mol. The van der Waals surface area contributed by atoms with Gasteiger partial charge >= 0.3 is 0 Å². The molecule has 0 unspecified atom stereocenters. The van der Waals surface area contributed by atoms with Crippen LogP contribution in [0, 0.1) is 25.5 Å². The van der Waals surface area contributed by atoms with E-state index in [9.17, 15) is 13.6 Å². The zero-order valence-corrected chi connectivity index (χ0v) is 16.7. The summed E-state index contributed by atoms with van der Waals surface area (Å²) in [6.45, 7) is 4.14. The number of rotatable bonds is 5. The molecule has 0 fully saturated rings. The second kappa shape index (κ2) is 8.06. The molecule has 0 spiro atoms. The highest BCUT2D eigenvalue weighted by Gasteiger charge is 2.23. The van der Waals surface area contributed by atoms with Gasteiger partial charge in [-0.3, -0.25) is 4.79 Å². The number of oxazole rings is 1. The Morgan fingerprint density at radius 1 is 0.967 bits per heavy atom. The summed E-state index contributed by atoms with van der Waals surface area (Å²) < 4.78 is 33.8. The lowest BCUT2D eigenvalue weighted by Gasteiger charge is -2.22. The van der Waals surface area contributed by atoms with Crippen molar-refractivity contribution in [2.24, 2.45) is 0 Å². The van der Waals surface area contributed by atoms with Crippen molar-refractivity contribution in [2.45, 2.75) is 26.9 Å². The average molecular weight is 406 g/mol. The number of fused-ring (bicyclic) bond motifs is 1. The third-order valence-electron chi connectivity index (χ3n) is 4.88. The van der Waals surface area contributed by atoms with Gasteiger partial charge in [0.25, 0.3) is 5.91 Å². The maximum atomic E-state index is 14.3. The third-order valence-corrected chi connectivity index (χ3v) is 4.88. The molecule has 4 nitrogen and oxygen atoms in total. The second-order valence-electron chi connectivity index (χ2n) is 7.33. The summed E-state index contributed by atoms with van der Waals surface area (Å²) in [5, 5.41) is 0. The van der Waals surface area contributed by atoms with Crippen molar-refractivity contribution in [1.29, 1.82) is 0 Å². The Balaban J connectivity index is 1.69. The minimum Gasteiger partial charge on any atom is -0.439 e. The van der Waals surface area contributed by atoms with Crippen LogP contribution < -0.4 is 0 Å². The molecule has 30 heavy (non-hydrogen) atoms. The van der Waals surface area contributed by atoms with Crippen molar-refractivity contribution >= 4 is 17.0 Å². The Morgan fingerprint density at radius 2 is 1.70 bits per heavy atom. The highest BCUT2D eigenvalue weighted by molar-refractivity contribution is 5.94. The van der Waals surface area contributed by atoms with E-state index < -0.39 is 17.5 Å². The molecule has 0 N–H and O–H groups in total. The monoisotopic (exact) mass is 406 g/mol. The van der Waals surface area contributed by atoms with Gasteiger partial charge in [0.2, 0.25) is 5.89 Å². The number of amides is 1. The van der Waals surface area contributed by atoms with Crippen LogP contribution in [0.1, 0.15) is 32.9 Å². The van der Waals surface area contributed by atoms with Gasteiger partial charge in [0.15, 0.2) is 17.2 Å². The topological polar surface area (TPSA) is 46.3 Å². The van der Waals surface area contributed by atoms with Gasteiger partial charge in [0.1, 0.15) is 5.52 Å². The molecule has 0 radical (unpaired) electrons. The number of nitrogens with zero attached hydrogens (tertiary/aromatic N) is 2. The van der Waals surface area contributed by atoms with Gasteiger partial charge < -0.3 is 9.32 Å². The van der Waals surface area contributed by atoms with Crippen LogP contribution in [0.25, 0.3) is 11.1 Å². The lowest BCUT2D eigenvalue weighted by Crippen LogP contribution is -2.31. The van der Waals surface area contributed by atoms with E-state index in [1.807, 2.05) is 56.3 Å². The van der Waals surface area contributed by atoms with Crippen LogP contribution in [-0.2, 0) is 13.1 Å². The van der Waals surface area contributed by atoms with E-state index in [0.29, 0.717) is 17.0 Å².